The van der Waals surface area contributed by atoms with Gasteiger partial charge in [-0.15, -0.1) is 0 Å². The number of para-hydroxylation sites is 1. The summed E-state index contributed by atoms with van der Waals surface area (Å²) < 4.78 is 7.68. The molecule has 0 aliphatic rings. The van der Waals surface area contributed by atoms with E-state index in [1.807, 2.05) is 49.0 Å². The monoisotopic (exact) mass is 258 g/mol. The molecule has 0 radical (unpaired) electrons. The first-order valence-corrected chi connectivity index (χ1v) is 6.43. The van der Waals surface area contributed by atoms with E-state index >= 15 is 0 Å². The summed E-state index contributed by atoms with van der Waals surface area (Å²) in [6.07, 6.45) is 4.88. The summed E-state index contributed by atoms with van der Waals surface area (Å²) in [6.45, 7) is 2.37. The first-order chi connectivity index (χ1) is 9.22. The third-order valence-electron chi connectivity index (χ3n) is 3.01. The molecule has 0 atom stereocenters. The molecule has 19 heavy (non-hydrogen) atoms. The van der Waals surface area contributed by atoms with E-state index in [-0.39, 0.29) is 5.78 Å². The number of hydrogen-bond donors (Lipinski definition) is 0. The molecule has 4 heteroatoms. The number of aryl methyl sites for hydroxylation is 1. The van der Waals surface area contributed by atoms with Gasteiger partial charge in [-0.05, 0) is 12.1 Å². The summed E-state index contributed by atoms with van der Waals surface area (Å²) in [5.41, 5.74) is 0.657. The fraction of sp³-hybridized carbons (Fsp3) is 0.333. The molecule has 0 amide bonds. The topological polar surface area (TPSA) is 44.1 Å². The Morgan fingerprint density at radius 3 is 2.84 bits per heavy atom. The van der Waals surface area contributed by atoms with E-state index in [4.69, 9.17) is 4.74 Å². The van der Waals surface area contributed by atoms with Gasteiger partial charge < -0.3 is 9.30 Å². The van der Waals surface area contributed by atoms with E-state index in [0.717, 1.165) is 12.2 Å². The molecule has 100 valence electrons. The molecule has 0 unspecified atom stereocenters. The van der Waals surface area contributed by atoms with Crippen LogP contribution in [0.1, 0.15) is 29.5 Å². The van der Waals surface area contributed by atoms with Crippen molar-refractivity contribution in [1.29, 1.82) is 0 Å². The van der Waals surface area contributed by atoms with Crippen molar-refractivity contribution < 1.29 is 9.53 Å². The SMILES string of the molecule is CCC(=O)c1ccccc1OCCc1nccn1C. The molecule has 0 saturated carbocycles. The van der Waals surface area contributed by atoms with Gasteiger partial charge in [0.1, 0.15) is 11.6 Å². The molecule has 0 saturated heterocycles. The van der Waals surface area contributed by atoms with E-state index in [1.165, 1.54) is 0 Å². The number of ether oxygens (including phenoxy) is 1. The van der Waals surface area contributed by atoms with Crippen molar-refractivity contribution in [3.63, 3.8) is 0 Å². The molecule has 0 fully saturated rings. The third kappa shape index (κ3) is 3.22. The molecule has 0 aliphatic heterocycles. The molecular weight excluding hydrogens is 240 g/mol. The average Bonchev–Trinajstić information content (AvgIpc) is 2.84. The highest BCUT2D eigenvalue weighted by Gasteiger charge is 2.10. The molecule has 0 bridgehead atoms. The summed E-state index contributed by atoms with van der Waals surface area (Å²) in [5.74, 6) is 1.73. The van der Waals surface area contributed by atoms with Gasteiger partial charge in [-0.1, -0.05) is 19.1 Å². The minimum absolute atomic E-state index is 0.104. The zero-order chi connectivity index (χ0) is 13.7. The van der Waals surface area contributed by atoms with E-state index < -0.39 is 0 Å². The predicted molar refractivity (Wildman–Crippen MR) is 73.5 cm³/mol. The van der Waals surface area contributed by atoms with E-state index in [0.29, 0.717) is 24.3 Å². The zero-order valence-corrected chi connectivity index (χ0v) is 11.3. The second-order valence-electron chi connectivity index (χ2n) is 4.33. The average molecular weight is 258 g/mol. The summed E-state index contributed by atoms with van der Waals surface area (Å²) in [5, 5.41) is 0. The predicted octanol–water partition coefficient (Wildman–Crippen LogP) is 2.63. The van der Waals surface area contributed by atoms with Gasteiger partial charge in [-0.3, -0.25) is 4.79 Å². The lowest BCUT2D eigenvalue weighted by Crippen LogP contribution is -2.08. The highest BCUT2D eigenvalue weighted by atomic mass is 16.5. The van der Waals surface area contributed by atoms with Gasteiger partial charge in [0.15, 0.2) is 5.78 Å². The summed E-state index contributed by atoms with van der Waals surface area (Å²) >= 11 is 0. The number of Topliss-reactive ketones (excluding diaryl/α,β-unsaturated/α-hetero) is 1. The Balaban J connectivity index is 2.00. The molecule has 0 N–H and O–H groups in total. The maximum absolute atomic E-state index is 11.8. The van der Waals surface area contributed by atoms with Crippen LogP contribution < -0.4 is 4.74 Å². The summed E-state index contributed by atoms with van der Waals surface area (Å²) in [6, 6.07) is 7.38. The van der Waals surface area contributed by atoms with Crippen LogP contribution >= 0.6 is 0 Å². The second-order valence-corrected chi connectivity index (χ2v) is 4.33. The van der Waals surface area contributed by atoms with E-state index in [2.05, 4.69) is 4.98 Å². The van der Waals surface area contributed by atoms with Crippen LogP contribution in [0.25, 0.3) is 0 Å². The van der Waals surface area contributed by atoms with Crippen LogP contribution in [0.2, 0.25) is 0 Å². The summed E-state index contributed by atoms with van der Waals surface area (Å²) in [7, 11) is 1.96. The Morgan fingerprint density at radius 2 is 2.16 bits per heavy atom. The van der Waals surface area contributed by atoms with Gasteiger partial charge in [0.25, 0.3) is 0 Å². The van der Waals surface area contributed by atoms with Gasteiger partial charge in [-0.25, -0.2) is 4.98 Å². The minimum Gasteiger partial charge on any atom is -0.492 e. The largest absolute Gasteiger partial charge is 0.492 e. The third-order valence-corrected chi connectivity index (χ3v) is 3.01. The Hall–Kier alpha value is -2.10. The molecule has 1 heterocycles. The highest BCUT2D eigenvalue weighted by molar-refractivity contribution is 5.98. The molecule has 0 aliphatic carbocycles. The lowest BCUT2D eigenvalue weighted by atomic mass is 10.1. The van der Waals surface area contributed by atoms with E-state index in [9.17, 15) is 4.79 Å². The van der Waals surface area contributed by atoms with Gasteiger partial charge in [-0.2, -0.15) is 0 Å². The van der Waals surface area contributed by atoms with Crippen molar-refractivity contribution in [2.75, 3.05) is 6.61 Å². The number of rotatable bonds is 6. The fourth-order valence-electron chi connectivity index (χ4n) is 1.90. The van der Waals surface area contributed by atoms with Crippen LogP contribution in [0.15, 0.2) is 36.7 Å². The lowest BCUT2D eigenvalue weighted by Gasteiger charge is -2.10. The van der Waals surface area contributed by atoms with Crippen molar-refractivity contribution in [1.82, 2.24) is 9.55 Å². The Labute approximate surface area is 113 Å². The van der Waals surface area contributed by atoms with Gasteiger partial charge in [0, 0.05) is 32.3 Å². The van der Waals surface area contributed by atoms with Crippen LogP contribution in [0.3, 0.4) is 0 Å². The molecule has 2 aromatic rings. The molecule has 1 aromatic carbocycles. The standard InChI is InChI=1S/C15H18N2O2/c1-3-13(18)12-6-4-5-7-14(12)19-11-8-15-16-9-10-17(15)2/h4-7,9-10H,3,8,11H2,1-2H3. The summed E-state index contributed by atoms with van der Waals surface area (Å²) in [4.78, 5) is 16.0. The molecule has 4 nitrogen and oxygen atoms in total. The van der Waals surface area contributed by atoms with Gasteiger partial charge in [0.2, 0.25) is 0 Å². The fourth-order valence-corrected chi connectivity index (χ4v) is 1.90. The first-order valence-electron chi connectivity index (χ1n) is 6.43. The zero-order valence-electron chi connectivity index (χ0n) is 11.3. The van der Waals surface area contributed by atoms with Crippen LogP contribution in [-0.2, 0) is 13.5 Å². The van der Waals surface area contributed by atoms with Crippen molar-refractivity contribution >= 4 is 5.78 Å². The first kappa shape index (κ1) is 13.3. The van der Waals surface area contributed by atoms with Crippen LogP contribution in [0, 0.1) is 0 Å². The Morgan fingerprint density at radius 1 is 1.37 bits per heavy atom. The molecule has 0 spiro atoms. The van der Waals surface area contributed by atoms with Crippen molar-refractivity contribution in [3.05, 3.63) is 48.0 Å². The Kier molecular flexibility index (Phi) is 4.34. The van der Waals surface area contributed by atoms with Crippen molar-refractivity contribution in [3.8, 4) is 5.75 Å². The number of benzene rings is 1. The number of nitrogens with zero attached hydrogens (tertiary/aromatic N) is 2. The number of ketones is 1. The molecular formula is C15H18N2O2. The van der Waals surface area contributed by atoms with Crippen LogP contribution in [-0.4, -0.2) is 21.9 Å². The molecule has 1 aromatic heterocycles. The molecule has 2 rings (SSSR count). The van der Waals surface area contributed by atoms with Crippen molar-refractivity contribution in [2.24, 2.45) is 7.05 Å². The lowest BCUT2D eigenvalue weighted by molar-refractivity contribution is 0.0984. The normalized spacial score (nSPS) is 10.4. The highest BCUT2D eigenvalue weighted by Crippen LogP contribution is 2.19. The van der Waals surface area contributed by atoms with Gasteiger partial charge in [0.05, 0.1) is 12.2 Å². The van der Waals surface area contributed by atoms with Gasteiger partial charge >= 0.3 is 0 Å². The van der Waals surface area contributed by atoms with Crippen molar-refractivity contribution in [2.45, 2.75) is 19.8 Å². The number of carbonyl (C=O) groups excluding carboxylic acids is 1. The maximum atomic E-state index is 11.8. The number of imidazole rings is 1. The smallest absolute Gasteiger partial charge is 0.166 e. The second kappa shape index (κ2) is 6.18. The van der Waals surface area contributed by atoms with Crippen LogP contribution in [0.5, 0.6) is 5.75 Å². The maximum Gasteiger partial charge on any atom is 0.166 e. The number of hydrogen-bond acceptors (Lipinski definition) is 3. The van der Waals surface area contributed by atoms with Crippen LogP contribution in [0.4, 0.5) is 0 Å². The quantitative estimate of drug-likeness (QED) is 0.748. The number of carbonyl (C=O) groups is 1. The number of aromatic nitrogens is 2. The minimum atomic E-state index is 0.104. The van der Waals surface area contributed by atoms with E-state index in [1.54, 1.807) is 6.20 Å². The Bertz CT molecular complexity index is 561.